The molecule has 3 atom stereocenters. The fraction of sp³-hybridized carbons (Fsp3) is 0.353. The molecule has 26 heavy (non-hydrogen) atoms. The van der Waals surface area contributed by atoms with Gasteiger partial charge in [0.15, 0.2) is 0 Å². The maximum Gasteiger partial charge on any atom is 0.252 e. The zero-order valence-corrected chi connectivity index (χ0v) is 15.4. The zero-order valence-electron chi connectivity index (χ0n) is 13.8. The molecule has 1 aliphatic carbocycles. The summed E-state index contributed by atoms with van der Waals surface area (Å²) in [6, 6.07) is 5.82. The molecule has 3 amide bonds. The molecule has 8 nitrogen and oxygen atoms in total. The van der Waals surface area contributed by atoms with E-state index in [1.54, 1.807) is 24.3 Å². The summed E-state index contributed by atoms with van der Waals surface area (Å²) in [5, 5.41) is 25.3. The fourth-order valence-corrected chi connectivity index (χ4v) is 3.02. The molecule has 0 radical (unpaired) electrons. The van der Waals surface area contributed by atoms with E-state index in [9.17, 15) is 24.6 Å². The van der Waals surface area contributed by atoms with Crippen molar-refractivity contribution < 1.29 is 24.6 Å². The minimum absolute atomic E-state index is 0.00754. The average molecular weight is 426 g/mol. The number of rotatable bonds is 6. The van der Waals surface area contributed by atoms with Crippen molar-refractivity contribution in [1.82, 2.24) is 10.6 Å². The van der Waals surface area contributed by atoms with Gasteiger partial charge in [-0.1, -0.05) is 18.2 Å². The van der Waals surface area contributed by atoms with Crippen LogP contribution in [-0.4, -0.2) is 52.7 Å². The maximum atomic E-state index is 12.4. The highest BCUT2D eigenvalue weighted by Gasteiger charge is 2.33. The normalized spacial score (nSPS) is 22.3. The number of nitrogens with two attached hydrogens (primary N) is 1. The molecule has 0 aromatic heterocycles. The Kier molecular flexibility index (Phi) is 6.90. The fourth-order valence-electron chi connectivity index (χ4n) is 2.55. The van der Waals surface area contributed by atoms with Crippen molar-refractivity contribution in [2.24, 2.45) is 5.73 Å². The number of primary amides is 1. The second-order valence-electron chi connectivity index (χ2n) is 5.91. The third kappa shape index (κ3) is 5.13. The molecule has 1 aromatic rings. The lowest BCUT2D eigenvalue weighted by atomic mass is 9.90. The maximum absolute atomic E-state index is 12.4. The smallest absolute Gasteiger partial charge is 0.252 e. The van der Waals surface area contributed by atoms with Crippen LogP contribution < -0.4 is 16.4 Å². The van der Waals surface area contributed by atoms with Gasteiger partial charge in [0.25, 0.3) is 5.91 Å². The van der Waals surface area contributed by atoms with E-state index in [4.69, 9.17) is 5.73 Å². The van der Waals surface area contributed by atoms with Crippen LogP contribution in [0.1, 0.15) is 23.2 Å². The Morgan fingerprint density at radius 3 is 2.54 bits per heavy atom. The van der Waals surface area contributed by atoms with Gasteiger partial charge in [0.1, 0.15) is 6.10 Å². The third-order valence-corrected chi connectivity index (χ3v) is 4.63. The molecule has 1 aliphatic rings. The first-order chi connectivity index (χ1) is 12.3. The SMILES string of the molecule is NC(=O)CCNC(=O)C1=C[C@H](NC(=O)c2ccccc2Br)[C@@H](O)[C@H](O)C1. The van der Waals surface area contributed by atoms with Crippen LogP contribution in [0.15, 0.2) is 40.4 Å². The van der Waals surface area contributed by atoms with Crippen molar-refractivity contribution >= 4 is 33.7 Å². The van der Waals surface area contributed by atoms with Gasteiger partial charge < -0.3 is 26.6 Å². The van der Waals surface area contributed by atoms with E-state index in [0.29, 0.717) is 10.0 Å². The summed E-state index contributed by atoms with van der Waals surface area (Å²) in [6.45, 7) is 0.0676. The van der Waals surface area contributed by atoms with Gasteiger partial charge in [-0.05, 0) is 28.1 Å². The standard InChI is InChI=1S/C17H20BrN3O5/c18-11-4-2-1-3-10(11)17(26)21-12-7-9(8-13(22)15(12)24)16(25)20-6-5-14(19)23/h1-4,7,12-13,15,22,24H,5-6,8H2,(H2,19,23)(H,20,25)(H,21,26)/t12-,13+,15+/m0/s1. The predicted molar refractivity (Wildman–Crippen MR) is 96.9 cm³/mol. The summed E-state index contributed by atoms with van der Waals surface area (Å²) in [7, 11) is 0. The predicted octanol–water partition coefficient (Wildman–Crippen LogP) is -0.409. The van der Waals surface area contributed by atoms with Gasteiger partial charge >= 0.3 is 0 Å². The van der Waals surface area contributed by atoms with Crippen LogP contribution in [0, 0.1) is 0 Å². The molecular formula is C17H20BrN3O5. The number of amides is 3. The van der Waals surface area contributed by atoms with Crippen LogP contribution in [0.5, 0.6) is 0 Å². The van der Waals surface area contributed by atoms with Gasteiger partial charge in [-0.3, -0.25) is 14.4 Å². The van der Waals surface area contributed by atoms with E-state index in [-0.39, 0.29) is 25.0 Å². The van der Waals surface area contributed by atoms with Crippen molar-refractivity contribution in [3.8, 4) is 0 Å². The Labute approximate surface area is 158 Å². The Morgan fingerprint density at radius 1 is 1.19 bits per heavy atom. The van der Waals surface area contributed by atoms with Gasteiger partial charge in [-0.2, -0.15) is 0 Å². The van der Waals surface area contributed by atoms with Crippen molar-refractivity contribution in [3.05, 3.63) is 46.0 Å². The summed E-state index contributed by atoms with van der Waals surface area (Å²) in [6.07, 6.45) is -1.12. The lowest BCUT2D eigenvalue weighted by Crippen LogP contribution is -2.51. The molecule has 0 saturated heterocycles. The number of halogens is 1. The van der Waals surface area contributed by atoms with E-state index in [2.05, 4.69) is 26.6 Å². The lowest BCUT2D eigenvalue weighted by molar-refractivity contribution is -0.119. The van der Waals surface area contributed by atoms with Crippen LogP contribution in [0.4, 0.5) is 0 Å². The molecule has 0 fully saturated rings. The quantitative estimate of drug-likeness (QED) is 0.421. The summed E-state index contributed by atoms with van der Waals surface area (Å²) in [5.74, 6) is -1.49. The van der Waals surface area contributed by atoms with E-state index < -0.39 is 36.0 Å². The molecule has 1 aromatic carbocycles. The first-order valence-corrected chi connectivity index (χ1v) is 8.77. The number of benzene rings is 1. The number of aliphatic hydroxyl groups excluding tert-OH is 2. The first-order valence-electron chi connectivity index (χ1n) is 7.98. The lowest BCUT2D eigenvalue weighted by Gasteiger charge is -2.31. The van der Waals surface area contributed by atoms with E-state index in [1.807, 2.05) is 0 Å². The molecule has 0 spiro atoms. The van der Waals surface area contributed by atoms with Crippen molar-refractivity contribution in [1.29, 1.82) is 0 Å². The molecule has 0 saturated carbocycles. The summed E-state index contributed by atoms with van der Waals surface area (Å²) < 4.78 is 0.580. The van der Waals surface area contributed by atoms with Gasteiger partial charge in [-0.15, -0.1) is 0 Å². The van der Waals surface area contributed by atoms with Crippen LogP contribution in [0.3, 0.4) is 0 Å². The Bertz CT molecular complexity index is 737. The monoisotopic (exact) mass is 425 g/mol. The zero-order chi connectivity index (χ0) is 19.3. The summed E-state index contributed by atoms with van der Waals surface area (Å²) in [5.41, 5.74) is 5.59. The van der Waals surface area contributed by atoms with Crippen molar-refractivity contribution in [2.45, 2.75) is 31.1 Å². The summed E-state index contributed by atoms with van der Waals surface area (Å²) >= 11 is 3.27. The third-order valence-electron chi connectivity index (χ3n) is 3.94. The number of carbonyl (C=O) groups excluding carboxylic acids is 3. The highest BCUT2D eigenvalue weighted by molar-refractivity contribution is 9.10. The highest BCUT2D eigenvalue weighted by Crippen LogP contribution is 2.21. The highest BCUT2D eigenvalue weighted by atomic mass is 79.9. The minimum Gasteiger partial charge on any atom is -0.390 e. The largest absolute Gasteiger partial charge is 0.390 e. The first kappa shape index (κ1) is 20.1. The van der Waals surface area contributed by atoms with E-state index in [1.165, 1.54) is 6.08 Å². The van der Waals surface area contributed by atoms with E-state index in [0.717, 1.165) is 0 Å². The molecular weight excluding hydrogens is 406 g/mol. The van der Waals surface area contributed by atoms with Gasteiger partial charge in [-0.25, -0.2) is 0 Å². The van der Waals surface area contributed by atoms with Gasteiger partial charge in [0.05, 0.1) is 17.7 Å². The second-order valence-corrected chi connectivity index (χ2v) is 6.76. The summed E-state index contributed by atoms with van der Waals surface area (Å²) in [4.78, 5) is 35.3. The topological polar surface area (TPSA) is 142 Å². The number of aliphatic hydroxyl groups is 2. The van der Waals surface area contributed by atoms with Gasteiger partial charge in [0.2, 0.25) is 11.8 Å². The molecule has 9 heteroatoms. The second kappa shape index (κ2) is 8.93. The minimum atomic E-state index is -1.25. The molecule has 140 valence electrons. The van der Waals surface area contributed by atoms with E-state index >= 15 is 0 Å². The Hall–Kier alpha value is -2.23. The van der Waals surface area contributed by atoms with Gasteiger partial charge in [0, 0.05) is 29.4 Å². The molecule has 0 heterocycles. The molecule has 6 N–H and O–H groups in total. The molecule has 2 rings (SSSR count). The van der Waals surface area contributed by atoms with Crippen molar-refractivity contribution in [2.75, 3.05) is 6.54 Å². The Balaban J connectivity index is 2.10. The van der Waals surface area contributed by atoms with Crippen LogP contribution in [0.25, 0.3) is 0 Å². The molecule has 0 aliphatic heterocycles. The number of hydrogen-bond acceptors (Lipinski definition) is 5. The number of hydrogen-bond donors (Lipinski definition) is 5. The van der Waals surface area contributed by atoms with Crippen LogP contribution in [0.2, 0.25) is 0 Å². The average Bonchev–Trinajstić information content (AvgIpc) is 2.58. The Morgan fingerprint density at radius 2 is 1.88 bits per heavy atom. The molecule has 0 unspecified atom stereocenters. The number of carbonyl (C=O) groups is 3. The van der Waals surface area contributed by atoms with Crippen LogP contribution in [-0.2, 0) is 9.59 Å². The molecule has 0 bridgehead atoms. The van der Waals surface area contributed by atoms with Crippen LogP contribution >= 0.6 is 15.9 Å². The number of nitrogens with one attached hydrogen (secondary N) is 2. The van der Waals surface area contributed by atoms with Crippen molar-refractivity contribution in [3.63, 3.8) is 0 Å².